The van der Waals surface area contributed by atoms with Gasteiger partial charge in [-0.2, -0.15) is 0 Å². The number of hydrogen-bond acceptors (Lipinski definition) is 5. The lowest BCUT2D eigenvalue weighted by atomic mass is 10.3. The zero-order valence-corrected chi connectivity index (χ0v) is 16.0. The number of nitrogens with zero attached hydrogens (tertiary/aromatic N) is 3. The van der Waals surface area contributed by atoms with E-state index in [2.05, 4.69) is 9.88 Å². The molecule has 0 aliphatic heterocycles. The second-order valence-electron chi connectivity index (χ2n) is 5.96. The summed E-state index contributed by atoms with van der Waals surface area (Å²) in [6.45, 7) is 1.59. The quantitative estimate of drug-likeness (QED) is 0.579. The van der Waals surface area contributed by atoms with Crippen molar-refractivity contribution in [2.45, 2.75) is 6.42 Å². The zero-order chi connectivity index (χ0) is 17.6. The predicted molar refractivity (Wildman–Crippen MR) is 108 cm³/mol. The summed E-state index contributed by atoms with van der Waals surface area (Å²) in [6.07, 6.45) is 4.42. The molecular formula is C19H21N3OS2. The van der Waals surface area contributed by atoms with Gasteiger partial charge in [0, 0.05) is 17.5 Å². The van der Waals surface area contributed by atoms with Crippen molar-refractivity contribution in [3.63, 3.8) is 0 Å². The Morgan fingerprint density at radius 2 is 2.00 bits per heavy atom. The summed E-state index contributed by atoms with van der Waals surface area (Å²) < 4.78 is 1.10. The minimum atomic E-state index is -0.0220. The minimum Gasteiger partial charge on any atom is -0.309 e. The van der Waals surface area contributed by atoms with Gasteiger partial charge in [0.25, 0.3) is 5.91 Å². The van der Waals surface area contributed by atoms with Gasteiger partial charge < -0.3 is 4.90 Å². The van der Waals surface area contributed by atoms with E-state index in [-0.39, 0.29) is 5.91 Å². The molecule has 4 nitrogen and oxygen atoms in total. The van der Waals surface area contributed by atoms with Crippen molar-refractivity contribution in [2.24, 2.45) is 0 Å². The Hall–Kier alpha value is -2.02. The highest BCUT2D eigenvalue weighted by atomic mass is 32.1. The monoisotopic (exact) mass is 371 g/mol. The van der Waals surface area contributed by atoms with E-state index >= 15 is 0 Å². The third kappa shape index (κ3) is 4.75. The van der Waals surface area contributed by atoms with E-state index in [9.17, 15) is 4.79 Å². The summed E-state index contributed by atoms with van der Waals surface area (Å²) in [5, 5.41) is 2.77. The molecule has 0 saturated heterocycles. The van der Waals surface area contributed by atoms with Crippen LogP contribution in [0.4, 0.5) is 5.13 Å². The minimum absolute atomic E-state index is 0.0220. The van der Waals surface area contributed by atoms with E-state index in [1.807, 2.05) is 61.9 Å². The molecule has 0 spiro atoms. The lowest BCUT2D eigenvalue weighted by Crippen LogP contribution is -2.32. The number of anilines is 1. The fourth-order valence-corrected chi connectivity index (χ4v) is 4.07. The largest absolute Gasteiger partial charge is 0.309 e. The molecule has 1 aromatic carbocycles. The molecule has 0 atom stereocenters. The topological polar surface area (TPSA) is 36.4 Å². The van der Waals surface area contributed by atoms with Gasteiger partial charge in [0.05, 0.1) is 10.2 Å². The van der Waals surface area contributed by atoms with Crippen LogP contribution in [0, 0.1) is 0 Å². The molecule has 0 fully saturated rings. The van der Waals surface area contributed by atoms with Crippen molar-refractivity contribution in [3.05, 3.63) is 52.7 Å². The van der Waals surface area contributed by atoms with Gasteiger partial charge in [-0.15, -0.1) is 11.3 Å². The van der Waals surface area contributed by atoms with Gasteiger partial charge in [0.2, 0.25) is 0 Å². The first-order chi connectivity index (χ1) is 12.1. The number of carbonyl (C=O) groups is 1. The number of amides is 1. The third-order valence-electron chi connectivity index (χ3n) is 3.70. The number of fused-ring (bicyclic) bond motifs is 1. The number of thiophene rings is 1. The first-order valence-corrected chi connectivity index (χ1v) is 9.86. The number of carbonyl (C=O) groups excluding carboxylic acids is 1. The van der Waals surface area contributed by atoms with Crippen LogP contribution in [-0.4, -0.2) is 43.0 Å². The van der Waals surface area contributed by atoms with Gasteiger partial charge >= 0.3 is 0 Å². The highest BCUT2D eigenvalue weighted by molar-refractivity contribution is 7.22. The molecular weight excluding hydrogens is 350 g/mol. The lowest BCUT2D eigenvalue weighted by Gasteiger charge is -2.19. The molecule has 0 N–H and O–H groups in total. The number of hydrogen-bond donors (Lipinski definition) is 0. The first-order valence-electron chi connectivity index (χ1n) is 8.17. The van der Waals surface area contributed by atoms with E-state index in [1.54, 1.807) is 33.6 Å². The summed E-state index contributed by atoms with van der Waals surface area (Å²) in [5.41, 5.74) is 0.940. The SMILES string of the molecule is CN(C)CCCN(C(=O)C=Cc1cccs1)c1nc2ccccc2s1. The molecule has 2 aromatic heterocycles. The molecule has 0 unspecified atom stereocenters. The highest BCUT2D eigenvalue weighted by Crippen LogP contribution is 2.29. The number of benzene rings is 1. The summed E-state index contributed by atoms with van der Waals surface area (Å²) in [4.78, 5) is 22.4. The number of aromatic nitrogens is 1. The van der Waals surface area contributed by atoms with Gasteiger partial charge in [0.15, 0.2) is 5.13 Å². The number of para-hydroxylation sites is 1. The summed E-state index contributed by atoms with van der Waals surface area (Å²) in [7, 11) is 4.08. The van der Waals surface area contributed by atoms with Crippen molar-refractivity contribution in [1.82, 2.24) is 9.88 Å². The molecule has 0 bridgehead atoms. The average molecular weight is 372 g/mol. The molecule has 0 aliphatic carbocycles. The number of thiazole rings is 1. The van der Waals surface area contributed by atoms with Crippen LogP contribution < -0.4 is 4.90 Å². The molecule has 0 saturated carbocycles. The second-order valence-corrected chi connectivity index (χ2v) is 7.95. The Bertz CT molecular complexity index is 820. The number of rotatable bonds is 7. The fraction of sp³-hybridized carbons (Fsp3) is 0.263. The van der Waals surface area contributed by atoms with Crippen LogP contribution in [0.1, 0.15) is 11.3 Å². The van der Waals surface area contributed by atoms with Gasteiger partial charge in [-0.25, -0.2) is 4.98 Å². The van der Waals surface area contributed by atoms with Crippen LogP contribution in [-0.2, 0) is 4.79 Å². The molecule has 3 aromatic rings. The van der Waals surface area contributed by atoms with E-state index in [0.717, 1.165) is 33.2 Å². The van der Waals surface area contributed by atoms with E-state index in [0.29, 0.717) is 6.54 Å². The predicted octanol–water partition coefficient (Wildman–Crippen LogP) is 4.36. The van der Waals surface area contributed by atoms with Crippen LogP contribution in [0.15, 0.2) is 47.9 Å². The summed E-state index contributed by atoms with van der Waals surface area (Å²) >= 11 is 3.19. The molecule has 0 aliphatic rings. The smallest absolute Gasteiger partial charge is 0.252 e. The molecule has 2 heterocycles. The van der Waals surface area contributed by atoms with Gasteiger partial charge in [-0.1, -0.05) is 29.5 Å². The molecule has 130 valence electrons. The van der Waals surface area contributed by atoms with Gasteiger partial charge in [-0.05, 0) is 56.7 Å². The first kappa shape index (κ1) is 17.8. The van der Waals surface area contributed by atoms with Crippen LogP contribution >= 0.6 is 22.7 Å². The van der Waals surface area contributed by atoms with E-state index in [1.165, 1.54) is 0 Å². The maximum Gasteiger partial charge on any atom is 0.252 e. The van der Waals surface area contributed by atoms with Gasteiger partial charge in [0.1, 0.15) is 0 Å². The maximum atomic E-state index is 12.8. The van der Waals surface area contributed by atoms with Crippen molar-refractivity contribution < 1.29 is 4.79 Å². The molecule has 0 radical (unpaired) electrons. The normalized spacial score (nSPS) is 11.6. The second kappa shape index (κ2) is 8.38. The van der Waals surface area contributed by atoms with Crippen molar-refractivity contribution in [1.29, 1.82) is 0 Å². The highest BCUT2D eigenvalue weighted by Gasteiger charge is 2.17. The van der Waals surface area contributed by atoms with Gasteiger partial charge in [-0.3, -0.25) is 9.69 Å². The third-order valence-corrected chi connectivity index (χ3v) is 5.60. The standard InChI is InChI=1S/C19H21N3OS2/c1-21(2)12-6-13-22(18(23)11-10-15-7-5-14-24-15)19-20-16-8-3-4-9-17(16)25-19/h3-5,7-11,14H,6,12-13H2,1-2H3. The van der Waals surface area contributed by atoms with E-state index < -0.39 is 0 Å². The summed E-state index contributed by atoms with van der Waals surface area (Å²) in [5.74, 6) is -0.0220. The Kier molecular flexibility index (Phi) is 5.96. The molecule has 25 heavy (non-hydrogen) atoms. The Labute approximate surface area is 156 Å². The molecule has 1 amide bonds. The van der Waals surface area contributed by atoms with Crippen LogP contribution in [0.25, 0.3) is 16.3 Å². The van der Waals surface area contributed by atoms with Crippen molar-refractivity contribution in [3.8, 4) is 0 Å². The van der Waals surface area contributed by atoms with Crippen molar-refractivity contribution in [2.75, 3.05) is 32.1 Å². The van der Waals surface area contributed by atoms with Crippen LogP contribution in [0.2, 0.25) is 0 Å². The van der Waals surface area contributed by atoms with Crippen LogP contribution in [0.3, 0.4) is 0 Å². The Morgan fingerprint density at radius 1 is 1.16 bits per heavy atom. The van der Waals surface area contributed by atoms with Crippen molar-refractivity contribution >= 4 is 50.0 Å². The lowest BCUT2D eigenvalue weighted by molar-refractivity contribution is -0.114. The maximum absolute atomic E-state index is 12.8. The summed E-state index contributed by atoms with van der Waals surface area (Å²) in [6, 6.07) is 12.0. The van der Waals surface area contributed by atoms with E-state index in [4.69, 9.17) is 0 Å². The Balaban J connectivity index is 1.81. The molecule has 3 rings (SSSR count). The zero-order valence-electron chi connectivity index (χ0n) is 14.4. The Morgan fingerprint density at radius 3 is 2.72 bits per heavy atom. The van der Waals surface area contributed by atoms with Crippen LogP contribution in [0.5, 0.6) is 0 Å². The molecule has 6 heteroatoms. The fourth-order valence-electron chi connectivity index (χ4n) is 2.45. The average Bonchev–Trinajstić information content (AvgIpc) is 3.25.